The van der Waals surface area contributed by atoms with Crippen LogP contribution in [0.5, 0.6) is 0 Å². The number of Topliss-reactive ketones (excluding diaryl/α,β-unsaturated/α-hetero) is 4. The number of benzene rings is 8. The van der Waals surface area contributed by atoms with Gasteiger partial charge in [0.2, 0.25) is 23.6 Å². The summed E-state index contributed by atoms with van der Waals surface area (Å²) in [6, 6.07) is 70.3. The topological polar surface area (TPSA) is 304 Å². The fraction of sp³-hybridized carbons (Fsp3) is 0.180. The quantitative estimate of drug-likeness (QED) is 0.0325. The molecule has 0 aliphatic carbocycles. The molecule has 0 unspecified atom stereocenters. The normalized spacial score (nSPS) is 12.5. The maximum absolute atomic E-state index is 13.2. The van der Waals surface area contributed by atoms with Crippen molar-refractivity contribution >= 4 is 58.1 Å². The Bertz CT molecular complexity index is 7690. The Morgan fingerprint density at radius 2 is 0.589 bits per heavy atom. The number of rotatable bonds is 28. The summed E-state index contributed by atoms with van der Waals surface area (Å²) in [5.74, 6) is 2.75. The molecule has 16 aromatic rings. The fourth-order valence-corrected chi connectivity index (χ4v) is 18.5. The molecular formula is C122H108N16O8. The minimum Gasteiger partial charge on any atom is -0.335 e. The number of nitrogens with zero attached hydrogens (tertiary/aromatic N) is 16. The smallest absolute Gasteiger partial charge is 0.250 e. The van der Waals surface area contributed by atoms with Crippen LogP contribution in [0.4, 0.5) is 11.4 Å². The average Bonchev–Trinajstić information content (AvgIpc) is 1.03. The van der Waals surface area contributed by atoms with Crippen LogP contribution >= 0.6 is 0 Å². The van der Waals surface area contributed by atoms with E-state index in [4.69, 9.17) is 19.9 Å². The number of carbonyl (C=O) groups is 8. The Morgan fingerprint density at radius 3 is 0.938 bits per heavy atom. The Kier molecular flexibility index (Phi) is 31.9. The number of hydrogen-bond acceptors (Lipinski definition) is 20. The van der Waals surface area contributed by atoms with E-state index in [0.29, 0.717) is 113 Å². The zero-order chi connectivity index (χ0) is 102. The van der Waals surface area contributed by atoms with Crippen molar-refractivity contribution in [3.63, 3.8) is 0 Å². The summed E-state index contributed by atoms with van der Waals surface area (Å²) in [7, 11) is 0. The molecule has 24 nitrogen and oxygen atoms in total. The van der Waals surface area contributed by atoms with Gasteiger partial charge in [0.25, 0.3) is 0 Å². The van der Waals surface area contributed by atoms with Crippen molar-refractivity contribution in [1.29, 1.82) is 0 Å². The van der Waals surface area contributed by atoms with Gasteiger partial charge in [0.15, 0.2) is 23.1 Å². The maximum Gasteiger partial charge on any atom is 0.250 e. The highest BCUT2D eigenvalue weighted by atomic mass is 16.2. The number of aryl methyl sites for hydroxylation is 5. The van der Waals surface area contributed by atoms with E-state index in [0.717, 1.165) is 206 Å². The van der Waals surface area contributed by atoms with Gasteiger partial charge in [-0.25, -0.2) is 39.9 Å². The van der Waals surface area contributed by atoms with Crippen molar-refractivity contribution in [2.24, 2.45) is 0 Å². The predicted octanol–water partition coefficient (Wildman–Crippen LogP) is 20.1. The van der Waals surface area contributed by atoms with Crippen molar-refractivity contribution in [3.05, 3.63) is 489 Å². The van der Waals surface area contributed by atoms with Crippen LogP contribution in [-0.4, -0.2) is 136 Å². The molecule has 724 valence electrons. The fourth-order valence-electron chi connectivity index (χ4n) is 18.5. The van der Waals surface area contributed by atoms with Gasteiger partial charge in [-0.05, 0) is 299 Å². The van der Waals surface area contributed by atoms with E-state index in [2.05, 4.69) is 130 Å². The Balaban J connectivity index is 0.000000133. The second-order valence-corrected chi connectivity index (χ2v) is 36.6. The van der Waals surface area contributed by atoms with Gasteiger partial charge >= 0.3 is 0 Å². The number of ketones is 4. The molecule has 4 aliphatic rings. The van der Waals surface area contributed by atoms with Gasteiger partial charge < -0.3 is 19.6 Å². The van der Waals surface area contributed by atoms with Crippen molar-refractivity contribution in [2.75, 3.05) is 29.4 Å². The lowest BCUT2D eigenvalue weighted by molar-refractivity contribution is -0.127. The highest BCUT2D eigenvalue weighted by Gasteiger charge is 2.29. The number of hydrogen-bond donors (Lipinski definition) is 0. The van der Waals surface area contributed by atoms with Gasteiger partial charge in [0.1, 0.15) is 23.3 Å². The Hall–Kier alpha value is -17.8. The first-order chi connectivity index (χ1) is 71.0. The molecule has 4 amide bonds. The molecule has 0 fully saturated rings. The number of aromatic nitrogens is 12. The first-order valence-electron chi connectivity index (χ1n) is 48.6. The van der Waals surface area contributed by atoms with E-state index in [1.807, 2.05) is 182 Å². The molecule has 0 N–H and O–H groups in total. The van der Waals surface area contributed by atoms with E-state index in [-0.39, 0.29) is 46.8 Å². The van der Waals surface area contributed by atoms with E-state index in [1.165, 1.54) is 24.3 Å². The largest absolute Gasteiger partial charge is 0.335 e. The van der Waals surface area contributed by atoms with E-state index in [9.17, 15) is 38.4 Å². The highest BCUT2D eigenvalue weighted by Crippen LogP contribution is 2.35. The minimum atomic E-state index is -0.116. The Morgan fingerprint density at radius 1 is 0.288 bits per heavy atom. The lowest BCUT2D eigenvalue weighted by Gasteiger charge is -2.29. The lowest BCUT2D eigenvalue weighted by Crippen LogP contribution is -2.34. The number of fused-ring (bicyclic) bond motifs is 4. The lowest BCUT2D eigenvalue weighted by atomic mass is 9.93. The van der Waals surface area contributed by atoms with Crippen LogP contribution < -0.4 is 9.80 Å². The molecule has 20 rings (SSSR count). The van der Waals surface area contributed by atoms with Crippen LogP contribution in [0.3, 0.4) is 0 Å². The van der Waals surface area contributed by atoms with Crippen molar-refractivity contribution in [3.8, 4) is 45.0 Å². The molecule has 0 radical (unpaired) electrons. The third-order valence-corrected chi connectivity index (χ3v) is 26.6. The van der Waals surface area contributed by atoms with Gasteiger partial charge in [-0.15, -0.1) is 0 Å². The SMILES string of the molecule is C=CC(=O)N1CCCc2cc(C(=O)Cc3ccc(C)c(Cc4nccc(-c5cccnc5)n4)c3)ccc21.C=CC(=O)N1CCc2cc(C(=O)Cc3ccc(C)c(Cc4nccc(-c5cccnc5)n4)c3)ccc21.C=CC(=O)N1CCc2cc(C(=O)Cc3ccc(C)c(Cc4nccc(-c5cccnc5)n4)c3)ccc2C1.C=CC(=O)N1Cc2ccc(C(=O)Cc3ccc(C)c(Cc4nccc(-c5cccnc5)n4)c3)cc2C1. The Labute approximate surface area is 848 Å². The third kappa shape index (κ3) is 24.8. The van der Waals surface area contributed by atoms with Crippen molar-refractivity contribution in [1.82, 2.24) is 69.6 Å². The predicted molar refractivity (Wildman–Crippen MR) is 566 cm³/mol. The van der Waals surface area contributed by atoms with Gasteiger partial charge in [0.05, 0.1) is 22.8 Å². The zero-order valence-corrected chi connectivity index (χ0v) is 82.0. The van der Waals surface area contributed by atoms with E-state index < -0.39 is 0 Å². The van der Waals surface area contributed by atoms with Crippen molar-refractivity contribution < 1.29 is 38.4 Å². The highest BCUT2D eigenvalue weighted by molar-refractivity contribution is 6.05. The second-order valence-electron chi connectivity index (χ2n) is 36.6. The van der Waals surface area contributed by atoms with E-state index in [1.54, 1.807) is 94.0 Å². The molecule has 0 saturated heterocycles. The summed E-state index contributed by atoms with van der Waals surface area (Å²) < 4.78 is 0. The number of anilines is 2. The van der Waals surface area contributed by atoms with Gasteiger partial charge in [-0.3, -0.25) is 58.3 Å². The zero-order valence-electron chi connectivity index (χ0n) is 82.0. The maximum atomic E-state index is 13.2. The first kappa shape index (κ1) is 99.8. The average molecular weight is 1930 g/mol. The van der Waals surface area contributed by atoms with Gasteiger partial charge in [-0.1, -0.05) is 123 Å². The summed E-state index contributed by atoms with van der Waals surface area (Å²) in [5, 5.41) is 0. The van der Waals surface area contributed by atoms with E-state index >= 15 is 0 Å². The summed E-state index contributed by atoms with van der Waals surface area (Å²) in [6.07, 6.45) is 33.3. The third-order valence-electron chi connectivity index (χ3n) is 26.6. The molecule has 8 aromatic carbocycles. The second kappa shape index (κ2) is 46.7. The molecule has 0 bridgehead atoms. The number of carbonyl (C=O) groups excluding carboxylic acids is 8. The molecule has 24 heteroatoms. The van der Waals surface area contributed by atoms with Crippen LogP contribution in [0.1, 0.15) is 171 Å². The van der Waals surface area contributed by atoms with Crippen LogP contribution in [-0.2, 0) is 109 Å². The van der Waals surface area contributed by atoms with Crippen LogP contribution in [0.25, 0.3) is 45.0 Å². The van der Waals surface area contributed by atoms with Gasteiger partial charge in [0, 0.05) is 221 Å². The number of pyridine rings is 4. The first-order valence-corrected chi connectivity index (χ1v) is 48.6. The molecule has 4 aliphatic heterocycles. The molecule has 12 heterocycles. The molecule has 0 saturated carbocycles. The standard InChI is InChI=1S/2C31H28N4O2.2C30H26N4O2/c1-3-31(37)35-15-5-7-23-18-24(10-11-28(23)35)29(36)17-22-9-8-21(2)26(16-22)19-30-33-14-12-27(34-30)25-6-4-13-32-20-25;1-3-31(37)35-14-11-23-17-24(8-9-26(23)20-35)29(36)16-22-7-6-21(2)27(15-22)18-30-33-13-10-28(34-30)25-5-4-12-32-19-25;1-3-30(36)34-14-11-22-17-23(8-9-27(22)34)28(35)16-21-7-6-20(2)25(15-21)18-29-32-13-10-26(33-29)24-5-4-12-31-19-24;1-3-30(36)34-18-24-9-8-22(15-26(24)19-34)28(35)14-21-7-6-20(2)25(13-21)16-29-32-12-10-27(33-29)23-5-4-11-31-17-23/h3-4,6,8-14,16,18,20H,1,5,7,15,17,19H2,2H3;3-10,12-13,15,17,19H,1,11,14,16,18,20H2,2H3;3-10,12-13,15,17,19H,1,11,14,16,18H2,2H3;3-13,15,17H,1,14,16,18-19H2,2H3. The van der Waals surface area contributed by atoms with Crippen LogP contribution in [0, 0.1) is 27.7 Å². The summed E-state index contributed by atoms with van der Waals surface area (Å²) in [4.78, 5) is 161. The van der Waals surface area contributed by atoms with Crippen molar-refractivity contribution in [2.45, 2.75) is 124 Å². The summed E-state index contributed by atoms with van der Waals surface area (Å²) in [6.45, 7) is 26.1. The molecular weight excluding hydrogens is 1820 g/mol. The minimum absolute atomic E-state index is 0.0518. The molecule has 8 aromatic heterocycles. The molecule has 146 heavy (non-hydrogen) atoms. The summed E-state index contributed by atoms with van der Waals surface area (Å²) >= 11 is 0. The van der Waals surface area contributed by atoms with Gasteiger partial charge in [-0.2, -0.15) is 0 Å². The number of amides is 4. The molecule has 0 atom stereocenters. The van der Waals surface area contributed by atoms with Crippen LogP contribution in [0.2, 0.25) is 0 Å². The monoisotopic (exact) mass is 1920 g/mol. The summed E-state index contributed by atoms with van der Waals surface area (Å²) in [5.41, 5.74) is 30.7. The van der Waals surface area contributed by atoms with Crippen LogP contribution in [0.15, 0.2) is 343 Å². The molecule has 0 spiro atoms.